The smallest absolute Gasteiger partial charge is 0.872 e. The molecule has 5 nitrogen and oxygen atoms in total. The van der Waals surface area contributed by atoms with Crippen LogP contribution in [0.5, 0.6) is 5.75 Å². The van der Waals surface area contributed by atoms with E-state index in [1.807, 2.05) is 0 Å². The number of rotatable bonds is 5. The van der Waals surface area contributed by atoms with Crippen LogP contribution >= 0.6 is 11.6 Å². The van der Waals surface area contributed by atoms with Crippen LogP contribution in [0.1, 0.15) is 12.5 Å². The first-order valence-electron chi connectivity index (χ1n) is 5.79. The molecular weight excluding hydrogens is 368 g/mol. The number of hydrogen-bond acceptors (Lipinski definition) is 5. The van der Waals surface area contributed by atoms with Crippen LogP contribution in [0.3, 0.4) is 0 Å². The maximum atomic E-state index is 12.1. The third-order valence-electron chi connectivity index (χ3n) is 2.13. The Hall–Kier alpha value is -0.584. The molecule has 1 aromatic rings. The van der Waals surface area contributed by atoms with Crippen molar-refractivity contribution in [3.8, 4) is 5.75 Å². The van der Waals surface area contributed by atoms with Crippen LogP contribution in [-0.2, 0) is 14.3 Å². The fraction of sp³-hybridized carbons (Fsp3) is 0.231. The summed E-state index contributed by atoms with van der Waals surface area (Å²) in [6.07, 6.45) is -4.56. The summed E-state index contributed by atoms with van der Waals surface area (Å²) >= 11 is 5.58. The maximum absolute atomic E-state index is 12.1. The Kier molecular flexibility index (Phi) is 9.40. The van der Waals surface area contributed by atoms with E-state index in [0.29, 0.717) is 6.08 Å². The molecule has 0 fully saturated rings. The van der Waals surface area contributed by atoms with Crippen LogP contribution in [0, 0.1) is 0 Å². The van der Waals surface area contributed by atoms with E-state index >= 15 is 0 Å². The second kappa shape index (κ2) is 9.65. The van der Waals surface area contributed by atoms with Crippen LogP contribution in [0.2, 0.25) is 5.02 Å². The zero-order chi connectivity index (χ0) is 16.9. The molecule has 0 aliphatic carbocycles. The van der Waals surface area contributed by atoms with E-state index in [-0.39, 0.29) is 68.6 Å². The molecule has 1 rings (SSSR count). The first kappa shape index (κ1) is 22.4. The van der Waals surface area contributed by atoms with Crippen molar-refractivity contribution in [1.29, 1.82) is 0 Å². The van der Waals surface area contributed by atoms with Crippen molar-refractivity contribution in [1.82, 2.24) is 0 Å². The van der Waals surface area contributed by atoms with Gasteiger partial charge in [-0.3, -0.25) is 4.79 Å². The molecule has 0 bridgehead atoms. The molecule has 23 heavy (non-hydrogen) atoms. The van der Waals surface area contributed by atoms with Crippen molar-refractivity contribution in [2.45, 2.75) is 13.3 Å². The molecule has 0 N–H and O–H groups in total. The van der Waals surface area contributed by atoms with Gasteiger partial charge in [-0.25, -0.2) is 4.79 Å². The van der Waals surface area contributed by atoms with Gasteiger partial charge in [0.2, 0.25) is 0 Å². The molecule has 0 spiro atoms. The fourth-order valence-electron chi connectivity index (χ4n) is 1.36. The number of carbonyl (C=O) groups is 2. The Labute approximate surface area is 176 Å². The summed E-state index contributed by atoms with van der Waals surface area (Å²) in [5.74, 6) is -4.21. The Morgan fingerprint density at radius 3 is 2.43 bits per heavy atom. The normalized spacial score (nSPS) is 11.4. The van der Waals surface area contributed by atoms with E-state index < -0.39 is 29.6 Å². The predicted molar refractivity (Wildman–Crippen MR) is 67.8 cm³/mol. The Balaban J connectivity index is 0.00000484. The summed E-state index contributed by atoms with van der Waals surface area (Å²) in [4.78, 5) is 22.4. The van der Waals surface area contributed by atoms with Gasteiger partial charge in [-0.15, -0.1) is 13.2 Å². The Bertz CT molecular complexity index is 616. The number of carbonyl (C=O) groups excluding carboxylic acids is 2. The molecule has 0 radical (unpaired) electrons. The first-order chi connectivity index (χ1) is 10.1. The van der Waals surface area contributed by atoms with Crippen molar-refractivity contribution in [2.24, 2.45) is 0 Å². The number of ether oxygens (including phenoxy) is 2. The summed E-state index contributed by atoms with van der Waals surface area (Å²) in [6, 6.07) is 2.62. The molecule has 0 heterocycles. The summed E-state index contributed by atoms with van der Waals surface area (Å²) in [5, 5.41) is 11.5. The molecular formula is C13H9ClF3KO5. The van der Waals surface area contributed by atoms with E-state index in [0.717, 1.165) is 18.2 Å². The van der Waals surface area contributed by atoms with Crippen LogP contribution in [0.25, 0.3) is 5.76 Å². The molecule has 0 saturated heterocycles. The molecule has 0 aromatic heterocycles. The second-order valence-electron chi connectivity index (χ2n) is 3.82. The molecule has 0 saturated carbocycles. The molecule has 10 heteroatoms. The van der Waals surface area contributed by atoms with Crippen molar-refractivity contribution in [3.05, 3.63) is 34.9 Å². The summed E-state index contributed by atoms with van der Waals surface area (Å²) in [7, 11) is 0. The topological polar surface area (TPSA) is 75.7 Å². The number of esters is 1. The van der Waals surface area contributed by atoms with Crippen molar-refractivity contribution < 1.29 is 88.7 Å². The van der Waals surface area contributed by atoms with E-state index in [9.17, 15) is 27.9 Å². The average molecular weight is 377 g/mol. The van der Waals surface area contributed by atoms with Crippen molar-refractivity contribution in [2.75, 3.05) is 6.61 Å². The Morgan fingerprint density at radius 1 is 1.30 bits per heavy atom. The van der Waals surface area contributed by atoms with Gasteiger partial charge in [-0.1, -0.05) is 17.4 Å². The molecule has 0 amide bonds. The van der Waals surface area contributed by atoms with Gasteiger partial charge in [0.05, 0.1) is 6.61 Å². The van der Waals surface area contributed by atoms with E-state index in [1.165, 1.54) is 6.92 Å². The molecule has 0 aliphatic heterocycles. The fourth-order valence-corrected chi connectivity index (χ4v) is 1.59. The van der Waals surface area contributed by atoms with Gasteiger partial charge >= 0.3 is 63.7 Å². The van der Waals surface area contributed by atoms with E-state index in [4.69, 9.17) is 11.6 Å². The van der Waals surface area contributed by atoms with Gasteiger partial charge in [0.1, 0.15) is 5.75 Å². The number of alkyl halides is 3. The minimum Gasteiger partial charge on any atom is -0.872 e. The summed E-state index contributed by atoms with van der Waals surface area (Å²) in [5.41, 5.74) is -0.343. The van der Waals surface area contributed by atoms with Crippen molar-refractivity contribution >= 4 is 29.1 Å². The number of ketones is 1. The predicted octanol–water partition coefficient (Wildman–Crippen LogP) is -0.924. The average Bonchev–Trinajstić information content (AvgIpc) is 2.35. The third-order valence-corrected chi connectivity index (χ3v) is 2.35. The monoisotopic (exact) mass is 376 g/mol. The van der Waals surface area contributed by atoms with Gasteiger partial charge in [0.15, 0.2) is 0 Å². The van der Waals surface area contributed by atoms with E-state index in [1.54, 1.807) is 0 Å². The molecule has 1 aromatic carbocycles. The van der Waals surface area contributed by atoms with Gasteiger partial charge < -0.3 is 14.6 Å². The third kappa shape index (κ3) is 8.18. The molecule has 0 atom stereocenters. The zero-order valence-electron chi connectivity index (χ0n) is 12.1. The van der Waals surface area contributed by atoms with E-state index in [2.05, 4.69) is 9.47 Å². The summed E-state index contributed by atoms with van der Waals surface area (Å²) in [6.45, 7) is 1.40. The Morgan fingerprint density at radius 2 is 1.91 bits per heavy atom. The minimum absolute atomic E-state index is 0. The van der Waals surface area contributed by atoms with Crippen LogP contribution in [-0.4, -0.2) is 24.7 Å². The molecule has 0 aliphatic rings. The van der Waals surface area contributed by atoms with Crippen molar-refractivity contribution in [3.63, 3.8) is 0 Å². The van der Waals surface area contributed by atoms with Crippen LogP contribution in [0.4, 0.5) is 13.2 Å². The quantitative estimate of drug-likeness (QED) is 0.218. The van der Waals surface area contributed by atoms with Gasteiger partial charge in [0.25, 0.3) is 5.78 Å². The largest absolute Gasteiger partial charge is 1.00 e. The maximum Gasteiger partial charge on any atom is 1.00 e. The van der Waals surface area contributed by atoms with Gasteiger partial charge in [0, 0.05) is 5.02 Å². The second-order valence-corrected chi connectivity index (χ2v) is 4.25. The number of hydrogen-bond donors (Lipinski definition) is 0. The first-order valence-corrected chi connectivity index (χ1v) is 6.16. The molecule has 120 valence electrons. The van der Waals surface area contributed by atoms with Gasteiger partial charge in [-0.05, 0) is 36.8 Å². The molecule has 0 unspecified atom stereocenters. The minimum atomic E-state index is -4.96. The van der Waals surface area contributed by atoms with Crippen LogP contribution in [0.15, 0.2) is 24.3 Å². The SMILES string of the molecule is CCOC(=O)C(=O)/C=C(\[O-])c1cc(Cl)cc(OC(F)(F)F)c1.[K+]. The van der Waals surface area contributed by atoms with Gasteiger partial charge in [-0.2, -0.15) is 0 Å². The summed E-state index contributed by atoms with van der Waals surface area (Å²) < 4.78 is 44.4. The number of benzene rings is 1. The zero-order valence-corrected chi connectivity index (χ0v) is 15.9. The van der Waals surface area contributed by atoms with Crippen LogP contribution < -0.4 is 61.2 Å². The standard InChI is InChI=1S/C13H10ClF3O5.K/c1-2-21-12(20)11(19)6-10(18)7-3-8(14)5-9(4-7)22-13(15,16)17;/h3-6,18H,2H2,1H3;/q;+1/p-1/b10-6-;. The number of halogens is 4.